The first-order valence-corrected chi connectivity index (χ1v) is 5.87. The van der Waals surface area contributed by atoms with Crippen LogP contribution in [0.5, 0.6) is 0 Å². The van der Waals surface area contributed by atoms with Crippen LogP contribution in [0, 0.1) is 0 Å². The van der Waals surface area contributed by atoms with Gasteiger partial charge < -0.3 is 20.0 Å². The zero-order valence-corrected chi connectivity index (χ0v) is 9.66. The second kappa shape index (κ2) is 4.30. The van der Waals surface area contributed by atoms with Crippen molar-refractivity contribution >= 4 is 22.6 Å². The molecule has 6 heteroatoms. The molecule has 3 N–H and O–H groups in total. The third-order valence-electron chi connectivity index (χ3n) is 3.01. The van der Waals surface area contributed by atoms with Crippen LogP contribution in [0.15, 0.2) is 23.0 Å². The number of benzene rings is 1. The molecule has 1 aliphatic heterocycles. The highest BCUT2D eigenvalue weighted by Gasteiger charge is 2.23. The predicted molar refractivity (Wildman–Crippen MR) is 66.5 cm³/mol. The highest BCUT2D eigenvalue weighted by Crippen LogP contribution is 2.17. The lowest BCUT2D eigenvalue weighted by Gasteiger charge is -2.10. The molecular formula is C12H13N3O3. The molecule has 0 saturated carbocycles. The molecule has 1 amide bonds. The third kappa shape index (κ3) is 2.02. The second-order valence-electron chi connectivity index (χ2n) is 4.33. The quantitative estimate of drug-likeness (QED) is 0.739. The van der Waals surface area contributed by atoms with E-state index in [4.69, 9.17) is 4.74 Å². The number of imidazole rings is 1. The summed E-state index contributed by atoms with van der Waals surface area (Å²) in [5, 5.41) is 2.79. The average Bonchev–Trinajstić information content (AvgIpc) is 2.95. The van der Waals surface area contributed by atoms with E-state index in [9.17, 15) is 9.59 Å². The van der Waals surface area contributed by atoms with Crippen molar-refractivity contribution in [1.82, 2.24) is 9.97 Å². The Labute approximate surface area is 102 Å². The van der Waals surface area contributed by atoms with Crippen molar-refractivity contribution in [2.75, 3.05) is 11.9 Å². The van der Waals surface area contributed by atoms with Gasteiger partial charge >= 0.3 is 5.69 Å². The molecular weight excluding hydrogens is 234 g/mol. The molecule has 1 saturated heterocycles. The first kappa shape index (κ1) is 11.0. The third-order valence-corrected chi connectivity index (χ3v) is 3.01. The maximum Gasteiger partial charge on any atom is 0.323 e. The zero-order chi connectivity index (χ0) is 12.5. The first-order valence-electron chi connectivity index (χ1n) is 5.87. The summed E-state index contributed by atoms with van der Waals surface area (Å²) in [4.78, 5) is 28.2. The van der Waals surface area contributed by atoms with Gasteiger partial charge in [0.15, 0.2) is 0 Å². The average molecular weight is 247 g/mol. The number of nitrogens with one attached hydrogen (secondary N) is 3. The highest BCUT2D eigenvalue weighted by molar-refractivity contribution is 5.95. The van der Waals surface area contributed by atoms with Gasteiger partial charge in [0.05, 0.1) is 11.0 Å². The molecule has 1 fully saturated rings. The van der Waals surface area contributed by atoms with E-state index in [0.717, 1.165) is 18.4 Å². The maximum atomic E-state index is 11.8. The monoisotopic (exact) mass is 247 g/mol. The minimum absolute atomic E-state index is 0.135. The molecule has 18 heavy (non-hydrogen) atoms. The van der Waals surface area contributed by atoms with Gasteiger partial charge in [-0.3, -0.25) is 4.79 Å². The number of H-pyrrole nitrogens is 2. The normalized spacial score (nSPS) is 19.2. The number of hydrogen-bond donors (Lipinski definition) is 3. The lowest BCUT2D eigenvalue weighted by atomic mass is 10.2. The lowest BCUT2D eigenvalue weighted by Crippen LogP contribution is -2.26. The summed E-state index contributed by atoms with van der Waals surface area (Å²) in [5.74, 6) is -0.135. The number of aromatic amines is 2. The van der Waals surface area contributed by atoms with Crippen molar-refractivity contribution in [2.45, 2.75) is 18.9 Å². The Morgan fingerprint density at radius 1 is 1.33 bits per heavy atom. The van der Waals surface area contributed by atoms with Gasteiger partial charge in [0.2, 0.25) is 0 Å². The van der Waals surface area contributed by atoms with Crippen molar-refractivity contribution in [2.24, 2.45) is 0 Å². The molecule has 0 bridgehead atoms. The number of carbonyl (C=O) groups excluding carboxylic acids is 1. The van der Waals surface area contributed by atoms with Gasteiger partial charge in [0.1, 0.15) is 6.10 Å². The smallest absolute Gasteiger partial charge is 0.323 e. The molecule has 6 nitrogen and oxygen atoms in total. The highest BCUT2D eigenvalue weighted by atomic mass is 16.5. The number of carbonyl (C=O) groups is 1. The summed E-state index contributed by atoms with van der Waals surface area (Å²) in [6, 6.07) is 5.22. The molecule has 3 rings (SSSR count). The Bertz CT molecular complexity index is 637. The van der Waals surface area contributed by atoms with E-state index >= 15 is 0 Å². The van der Waals surface area contributed by atoms with Crippen LogP contribution >= 0.6 is 0 Å². The van der Waals surface area contributed by atoms with Crippen LogP contribution in [0.3, 0.4) is 0 Å². The van der Waals surface area contributed by atoms with E-state index < -0.39 is 0 Å². The van der Waals surface area contributed by atoms with Crippen molar-refractivity contribution in [3.63, 3.8) is 0 Å². The topological polar surface area (TPSA) is 87.0 Å². The van der Waals surface area contributed by atoms with Crippen molar-refractivity contribution in [3.05, 3.63) is 28.7 Å². The predicted octanol–water partition coefficient (Wildman–Crippen LogP) is 0.974. The molecule has 1 atom stereocenters. The van der Waals surface area contributed by atoms with E-state index in [1.54, 1.807) is 18.2 Å². The van der Waals surface area contributed by atoms with Crippen LogP contribution in [-0.2, 0) is 9.53 Å². The van der Waals surface area contributed by atoms with Gasteiger partial charge in [-0.1, -0.05) is 0 Å². The number of fused-ring (bicyclic) bond motifs is 1. The van der Waals surface area contributed by atoms with E-state index in [2.05, 4.69) is 15.3 Å². The van der Waals surface area contributed by atoms with Gasteiger partial charge in [-0.15, -0.1) is 0 Å². The SMILES string of the molecule is O=C(Nc1ccc2[nH]c(=O)[nH]c2c1)C1CCCO1. The number of hydrogen-bond acceptors (Lipinski definition) is 3. The van der Waals surface area contributed by atoms with E-state index in [-0.39, 0.29) is 17.7 Å². The standard InChI is InChI=1S/C12H13N3O3/c16-11(10-2-1-5-18-10)13-7-3-4-8-9(6-7)15-12(17)14-8/h3-4,6,10H,1-2,5H2,(H,13,16)(H2,14,15,17). The Morgan fingerprint density at radius 3 is 2.94 bits per heavy atom. The Kier molecular flexibility index (Phi) is 2.64. The molecule has 1 aromatic heterocycles. The number of rotatable bonds is 2. The van der Waals surface area contributed by atoms with Gasteiger partial charge in [-0.2, -0.15) is 0 Å². The summed E-state index contributed by atoms with van der Waals surface area (Å²) in [7, 11) is 0. The van der Waals surface area contributed by atoms with Gasteiger partial charge in [0, 0.05) is 12.3 Å². The largest absolute Gasteiger partial charge is 0.368 e. The second-order valence-corrected chi connectivity index (χ2v) is 4.33. The Morgan fingerprint density at radius 2 is 2.17 bits per heavy atom. The van der Waals surface area contributed by atoms with Crippen LogP contribution in [0.1, 0.15) is 12.8 Å². The molecule has 1 aromatic carbocycles. The van der Waals surface area contributed by atoms with Crippen LogP contribution in [-0.4, -0.2) is 28.6 Å². The zero-order valence-electron chi connectivity index (χ0n) is 9.66. The van der Waals surface area contributed by atoms with Gasteiger partial charge in [0.25, 0.3) is 5.91 Å². The first-order chi connectivity index (χ1) is 8.72. The molecule has 0 radical (unpaired) electrons. The molecule has 0 spiro atoms. The van der Waals surface area contributed by atoms with Crippen molar-refractivity contribution in [1.29, 1.82) is 0 Å². The minimum Gasteiger partial charge on any atom is -0.368 e. The molecule has 2 heterocycles. The fraction of sp³-hybridized carbons (Fsp3) is 0.333. The molecule has 1 aliphatic rings. The van der Waals surface area contributed by atoms with Crippen molar-refractivity contribution in [3.8, 4) is 0 Å². The van der Waals surface area contributed by atoms with Crippen LogP contribution in [0.4, 0.5) is 5.69 Å². The van der Waals surface area contributed by atoms with Crippen molar-refractivity contribution < 1.29 is 9.53 Å². The Hall–Kier alpha value is -2.08. The van der Waals surface area contributed by atoms with Gasteiger partial charge in [-0.05, 0) is 31.0 Å². The summed E-state index contributed by atoms with van der Waals surface area (Å²) < 4.78 is 5.30. The molecule has 94 valence electrons. The number of ether oxygens (including phenoxy) is 1. The maximum absolute atomic E-state index is 11.8. The fourth-order valence-electron chi connectivity index (χ4n) is 2.12. The van der Waals surface area contributed by atoms with E-state index in [1.807, 2.05) is 0 Å². The number of amides is 1. The molecule has 2 aromatic rings. The summed E-state index contributed by atoms with van der Waals surface area (Å²) in [5.41, 5.74) is 1.78. The lowest BCUT2D eigenvalue weighted by molar-refractivity contribution is -0.124. The summed E-state index contributed by atoms with van der Waals surface area (Å²) >= 11 is 0. The van der Waals surface area contributed by atoms with Gasteiger partial charge in [-0.25, -0.2) is 4.79 Å². The number of aromatic nitrogens is 2. The van der Waals surface area contributed by atoms with Crippen LogP contribution in [0.25, 0.3) is 11.0 Å². The number of anilines is 1. The molecule has 1 unspecified atom stereocenters. The van der Waals surface area contributed by atoms with Crippen LogP contribution in [0.2, 0.25) is 0 Å². The summed E-state index contributed by atoms with van der Waals surface area (Å²) in [6.45, 7) is 0.641. The van der Waals surface area contributed by atoms with E-state index in [1.165, 1.54) is 0 Å². The minimum atomic E-state index is -0.356. The van der Waals surface area contributed by atoms with Crippen LogP contribution < -0.4 is 11.0 Å². The van der Waals surface area contributed by atoms with E-state index in [0.29, 0.717) is 17.8 Å². The fourth-order valence-corrected chi connectivity index (χ4v) is 2.12. The molecule has 0 aliphatic carbocycles. The summed E-state index contributed by atoms with van der Waals surface area (Å²) in [6.07, 6.45) is 1.32. The Balaban J connectivity index is 1.81.